The summed E-state index contributed by atoms with van der Waals surface area (Å²) in [5.74, 6) is 1.66. The summed E-state index contributed by atoms with van der Waals surface area (Å²) in [7, 11) is 3.22. The smallest absolute Gasteiger partial charge is 0.244 e. The molecule has 7 nitrogen and oxygen atoms in total. The van der Waals surface area contributed by atoms with Gasteiger partial charge in [0.05, 0.1) is 14.2 Å². The number of hydrogen-bond acceptors (Lipinski definition) is 4. The van der Waals surface area contributed by atoms with Crippen LogP contribution in [0.15, 0.2) is 47.5 Å². The first-order chi connectivity index (χ1) is 14.1. The van der Waals surface area contributed by atoms with Crippen LogP contribution in [0.5, 0.6) is 11.5 Å². The Kier molecular flexibility index (Phi) is 6.94. The molecule has 0 aliphatic carbocycles. The van der Waals surface area contributed by atoms with E-state index in [1.54, 1.807) is 14.2 Å². The Morgan fingerprint density at radius 1 is 1.14 bits per heavy atom. The van der Waals surface area contributed by atoms with E-state index >= 15 is 0 Å². The van der Waals surface area contributed by atoms with Gasteiger partial charge in [-0.05, 0) is 41.7 Å². The molecule has 0 radical (unpaired) electrons. The monoisotopic (exact) mass is 396 g/mol. The number of guanidine groups is 1. The number of aliphatic imine (C=N–C) groups is 1. The number of hydrogen-bond donors (Lipinski definition) is 2. The Balaban J connectivity index is 1.45. The number of methoxy groups -OCH3 is 2. The highest BCUT2D eigenvalue weighted by Crippen LogP contribution is 2.27. The minimum atomic E-state index is -0.0101. The van der Waals surface area contributed by atoms with Gasteiger partial charge in [0.25, 0.3) is 0 Å². The molecular formula is C22H28N4O3. The second-order valence-corrected chi connectivity index (χ2v) is 6.90. The number of benzene rings is 2. The summed E-state index contributed by atoms with van der Waals surface area (Å²) in [6.07, 6.45) is 1.62. The number of carbonyl (C=O) groups excluding carboxylic acids is 1. The first-order valence-corrected chi connectivity index (χ1v) is 9.70. The Morgan fingerprint density at radius 2 is 1.90 bits per heavy atom. The van der Waals surface area contributed by atoms with Crippen molar-refractivity contribution in [2.75, 3.05) is 33.9 Å². The topological polar surface area (TPSA) is 89.2 Å². The highest BCUT2D eigenvalue weighted by Gasteiger charge is 2.19. The highest BCUT2D eigenvalue weighted by molar-refractivity contribution is 5.84. The first-order valence-electron chi connectivity index (χ1n) is 9.70. The van der Waals surface area contributed by atoms with Gasteiger partial charge in [-0.2, -0.15) is 0 Å². The molecule has 2 aromatic rings. The van der Waals surface area contributed by atoms with Gasteiger partial charge in [0.2, 0.25) is 5.91 Å². The molecule has 0 bridgehead atoms. The van der Waals surface area contributed by atoms with Crippen LogP contribution >= 0.6 is 0 Å². The van der Waals surface area contributed by atoms with Crippen LogP contribution in [-0.4, -0.2) is 50.6 Å². The lowest BCUT2D eigenvalue weighted by Crippen LogP contribution is -2.39. The number of ether oxygens (including phenoxy) is 2. The molecule has 0 saturated heterocycles. The SMILES string of the molecule is COc1ccc(CCNC(N)=NCC(=O)N2CCc3ccccc3C2)cc1OC. The average Bonchev–Trinajstić information content (AvgIpc) is 2.76. The zero-order valence-corrected chi connectivity index (χ0v) is 17.0. The molecule has 0 saturated carbocycles. The molecule has 2 aromatic carbocycles. The summed E-state index contributed by atoms with van der Waals surface area (Å²) in [5.41, 5.74) is 9.53. The van der Waals surface area contributed by atoms with Gasteiger partial charge in [-0.15, -0.1) is 0 Å². The summed E-state index contributed by atoms with van der Waals surface area (Å²) in [4.78, 5) is 18.5. The van der Waals surface area contributed by atoms with Crippen LogP contribution in [-0.2, 0) is 24.2 Å². The van der Waals surface area contributed by atoms with E-state index in [4.69, 9.17) is 15.2 Å². The maximum absolute atomic E-state index is 12.4. The fourth-order valence-corrected chi connectivity index (χ4v) is 3.39. The van der Waals surface area contributed by atoms with Gasteiger partial charge < -0.3 is 25.4 Å². The molecule has 1 aliphatic rings. The van der Waals surface area contributed by atoms with Crippen molar-refractivity contribution in [3.63, 3.8) is 0 Å². The largest absolute Gasteiger partial charge is 0.493 e. The van der Waals surface area contributed by atoms with E-state index in [-0.39, 0.29) is 18.4 Å². The number of nitrogens with one attached hydrogen (secondary N) is 1. The standard InChI is InChI=1S/C22H28N4O3/c1-28-19-8-7-16(13-20(19)29-2)9-11-24-22(23)25-14-21(27)26-12-10-17-5-3-4-6-18(17)15-26/h3-8,13H,9-12,14-15H2,1-2H3,(H3,23,24,25). The average molecular weight is 396 g/mol. The number of fused-ring (bicyclic) bond motifs is 1. The Bertz CT molecular complexity index is 882. The molecule has 0 aromatic heterocycles. The van der Waals surface area contributed by atoms with Crippen LogP contribution in [0.3, 0.4) is 0 Å². The molecule has 29 heavy (non-hydrogen) atoms. The Hall–Kier alpha value is -3.22. The molecule has 0 fully saturated rings. The van der Waals surface area contributed by atoms with E-state index in [1.807, 2.05) is 35.2 Å². The van der Waals surface area contributed by atoms with Crippen molar-refractivity contribution in [3.8, 4) is 11.5 Å². The van der Waals surface area contributed by atoms with Gasteiger partial charge in [-0.1, -0.05) is 30.3 Å². The summed E-state index contributed by atoms with van der Waals surface area (Å²) >= 11 is 0. The minimum Gasteiger partial charge on any atom is -0.493 e. The van der Waals surface area contributed by atoms with Crippen molar-refractivity contribution in [2.24, 2.45) is 10.7 Å². The third-order valence-corrected chi connectivity index (χ3v) is 5.04. The van der Waals surface area contributed by atoms with Gasteiger partial charge in [0, 0.05) is 19.6 Å². The summed E-state index contributed by atoms with van der Waals surface area (Å²) in [6, 6.07) is 14.0. The molecule has 0 atom stereocenters. The number of carbonyl (C=O) groups is 1. The van der Waals surface area contributed by atoms with Gasteiger partial charge in [-0.25, -0.2) is 4.99 Å². The van der Waals surface area contributed by atoms with Crippen molar-refractivity contribution in [2.45, 2.75) is 19.4 Å². The van der Waals surface area contributed by atoms with Gasteiger partial charge >= 0.3 is 0 Å². The third kappa shape index (κ3) is 5.40. The van der Waals surface area contributed by atoms with Crippen LogP contribution in [0.25, 0.3) is 0 Å². The minimum absolute atomic E-state index is 0.0101. The van der Waals surface area contributed by atoms with Crippen LogP contribution in [0.4, 0.5) is 0 Å². The van der Waals surface area contributed by atoms with E-state index in [2.05, 4.69) is 22.4 Å². The molecular weight excluding hydrogens is 368 g/mol. The number of rotatable bonds is 7. The Labute approximate surface area is 171 Å². The van der Waals surface area contributed by atoms with Gasteiger partial charge in [-0.3, -0.25) is 4.79 Å². The van der Waals surface area contributed by atoms with Crippen molar-refractivity contribution in [1.82, 2.24) is 10.2 Å². The lowest BCUT2D eigenvalue weighted by atomic mass is 10.00. The molecule has 0 unspecified atom stereocenters. The molecule has 154 valence electrons. The summed E-state index contributed by atoms with van der Waals surface area (Å²) < 4.78 is 10.6. The van der Waals surface area contributed by atoms with Crippen LogP contribution in [0.1, 0.15) is 16.7 Å². The number of nitrogens with zero attached hydrogens (tertiary/aromatic N) is 2. The fraction of sp³-hybridized carbons (Fsp3) is 0.364. The van der Waals surface area contributed by atoms with Gasteiger partial charge in [0.15, 0.2) is 17.5 Å². The first kappa shape index (κ1) is 20.5. The Morgan fingerprint density at radius 3 is 2.66 bits per heavy atom. The molecule has 3 rings (SSSR count). The number of nitrogens with two attached hydrogens (primary N) is 1. The lowest BCUT2D eigenvalue weighted by molar-refractivity contribution is -0.130. The number of amides is 1. The molecule has 1 amide bonds. The van der Waals surface area contributed by atoms with Crippen molar-refractivity contribution in [3.05, 3.63) is 59.2 Å². The van der Waals surface area contributed by atoms with E-state index in [1.165, 1.54) is 11.1 Å². The van der Waals surface area contributed by atoms with Crippen molar-refractivity contribution < 1.29 is 14.3 Å². The van der Waals surface area contributed by atoms with Crippen molar-refractivity contribution in [1.29, 1.82) is 0 Å². The zero-order valence-electron chi connectivity index (χ0n) is 17.0. The predicted octanol–water partition coefficient (Wildman–Crippen LogP) is 1.74. The van der Waals surface area contributed by atoms with E-state index in [0.717, 1.165) is 24.9 Å². The molecule has 3 N–H and O–H groups in total. The lowest BCUT2D eigenvalue weighted by Gasteiger charge is -2.28. The van der Waals surface area contributed by atoms with Crippen LogP contribution in [0.2, 0.25) is 0 Å². The van der Waals surface area contributed by atoms with Crippen LogP contribution < -0.4 is 20.5 Å². The summed E-state index contributed by atoms with van der Waals surface area (Å²) in [5, 5.41) is 3.06. The second kappa shape index (κ2) is 9.82. The normalized spacial score (nSPS) is 13.6. The van der Waals surface area contributed by atoms with Crippen molar-refractivity contribution >= 4 is 11.9 Å². The second-order valence-electron chi connectivity index (χ2n) is 6.90. The van der Waals surface area contributed by atoms with E-state index in [0.29, 0.717) is 24.6 Å². The molecule has 1 heterocycles. The zero-order chi connectivity index (χ0) is 20.6. The molecule has 1 aliphatic heterocycles. The summed E-state index contributed by atoms with van der Waals surface area (Å²) in [6.45, 7) is 2.02. The predicted molar refractivity (Wildman–Crippen MR) is 113 cm³/mol. The third-order valence-electron chi connectivity index (χ3n) is 5.04. The van der Waals surface area contributed by atoms with E-state index in [9.17, 15) is 4.79 Å². The highest BCUT2D eigenvalue weighted by atomic mass is 16.5. The molecule has 0 spiro atoms. The van der Waals surface area contributed by atoms with Gasteiger partial charge in [0.1, 0.15) is 6.54 Å². The quantitative estimate of drug-likeness (QED) is 0.550. The van der Waals surface area contributed by atoms with Crippen LogP contribution in [0, 0.1) is 0 Å². The molecule has 7 heteroatoms. The fourth-order valence-electron chi connectivity index (χ4n) is 3.39. The maximum Gasteiger partial charge on any atom is 0.244 e. The van der Waals surface area contributed by atoms with E-state index < -0.39 is 0 Å². The maximum atomic E-state index is 12.4.